The van der Waals surface area contributed by atoms with Crippen LogP contribution in [0.2, 0.25) is 0 Å². The molecule has 0 spiro atoms. The van der Waals surface area contributed by atoms with Gasteiger partial charge in [0.2, 0.25) is 3.79 Å². The van der Waals surface area contributed by atoms with Crippen LogP contribution in [0.4, 0.5) is 4.79 Å². The maximum atomic E-state index is 13.4. The number of rotatable bonds is 6. The van der Waals surface area contributed by atoms with Crippen LogP contribution in [0.5, 0.6) is 11.5 Å². The van der Waals surface area contributed by atoms with Crippen LogP contribution in [0.3, 0.4) is 0 Å². The van der Waals surface area contributed by atoms with Crippen molar-refractivity contribution in [1.82, 2.24) is 4.90 Å². The van der Waals surface area contributed by atoms with Gasteiger partial charge in [-0.1, -0.05) is 65.1 Å². The maximum Gasteiger partial charge on any atom is 0.413 e. The summed E-state index contributed by atoms with van der Waals surface area (Å²) in [7, 11) is 4.09. The van der Waals surface area contributed by atoms with Gasteiger partial charge in [-0.2, -0.15) is 0 Å². The summed E-state index contributed by atoms with van der Waals surface area (Å²) in [6.07, 6.45) is -0.948. The predicted octanol–water partition coefficient (Wildman–Crippen LogP) is 4.61. The van der Waals surface area contributed by atoms with Crippen LogP contribution < -0.4 is 9.47 Å². The first-order chi connectivity index (χ1) is 15.7. The Labute approximate surface area is 206 Å². The highest BCUT2D eigenvalue weighted by atomic mass is 35.6. The van der Waals surface area contributed by atoms with Gasteiger partial charge < -0.3 is 23.7 Å². The lowest BCUT2D eigenvalue weighted by atomic mass is 9.97. The smallest absolute Gasteiger partial charge is 0.413 e. The van der Waals surface area contributed by atoms with Crippen molar-refractivity contribution in [2.24, 2.45) is 0 Å². The molecule has 1 aliphatic rings. The number of carbonyl (C=O) groups is 2. The number of alkyl halides is 3. The number of amides is 1. The Hall–Kier alpha value is -2.39. The minimum absolute atomic E-state index is 0.0445. The van der Waals surface area contributed by atoms with Crippen molar-refractivity contribution in [3.63, 3.8) is 0 Å². The summed E-state index contributed by atoms with van der Waals surface area (Å²) in [5, 5.41) is 0. The molecule has 0 aliphatic carbocycles. The number of carbonyl (C=O) groups excluding carboxylic acids is 2. The number of hydrogen-bond donors (Lipinski definition) is 0. The molecule has 0 saturated carbocycles. The van der Waals surface area contributed by atoms with Crippen molar-refractivity contribution >= 4 is 46.9 Å². The molecule has 0 bridgehead atoms. The Bertz CT molecular complexity index is 999. The van der Waals surface area contributed by atoms with E-state index in [-0.39, 0.29) is 17.9 Å². The van der Waals surface area contributed by atoms with E-state index in [9.17, 15) is 9.59 Å². The molecule has 1 amide bonds. The van der Waals surface area contributed by atoms with E-state index in [0.29, 0.717) is 11.3 Å². The fourth-order valence-electron chi connectivity index (χ4n) is 3.64. The first-order valence-corrected chi connectivity index (χ1v) is 10.8. The topological polar surface area (TPSA) is 83.5 Å². The van der Waals surface area contributed by atoms with E-state index in [0.717, 1.165) is 4.90 Å². The van der Waals surface area contributed by atoms with Crippen molar-refractivity contribution in [3.8, 4) is 11.5 Å². The molecule has 1 saturated heterocycles. The van der Waals surface area contributed by atoms with Gasteiger partial charge in [0.1, 0.15) is 18.1 Å². The lowest BCUT2D eigenvalue weighted by Gasteiger charge is -2.37. The highest BCUT2D eigenvalue weighted by Gasteiger charge is 2.60. The number of ether oxygens (including phenoxy) is 5. The number of nitrogens with zero attached hydrogens (tertiary/aromatic N) is 1. The number of methoxy groups -OCH3 is 3. The Morgan fingerprint density at radius 1 is 1.09 bits per heavy atom. The summed E-state index contributed by atoms with van der Waals surface area (Å²) < 4.78 is 25.3. The summed E-state index contributed by atoms with van der Waals surface area (Å²) in [6.45, 7) is -0.595. The fraction of sp³-hybridized carbons (Fsp3) is 0.364. The molecular formula is C22H22Cl3NO7. The molecule has 0 N–H and O–H groups in total. The molecule has 1 fully saturated rings. The molecule has 33 heavy (non-hydrogen) atoms. The zero-order valence-corrected chi connectivity index (χ0v) is 20.3. The van der Waals surface area contributed by atoms with Crippen molar-refractivity contribution in [2.75, 3.05) is 34.5 Å². The minimum Gasteiger partial charge on any atom is -0.497 e. The van der Waals surface area contributed by atoms with Gasteiger partial charge in [0, 0.05) is 6.07 Å². The van der Waals surface area contributed by atoms with E-state index in [4.69, 9.17) is 58.5 Å². The van der Waals surface area contributed by atoms with E-state index < -0.39 is 34.2 Å². The second-order valence-corrected chi connectivity index (χ2v) is 9.50. The Balaban J connectivity index is 2.20. The zero-order chi connectivity index (χ0) is 24.2. The zero-order valence-electron chi connectivity index (χ0n) is 18.0. The summed E-state index contributed by atoms with van der Waals surface area (Å²) in [4.78, 5) is 27.8. The molecular weight excluding hydrogens is 497 g/mol. The highest BCUT2D eigenvalue weighted by molar-refractivity contribution is 6.67. The van der Waals surface area contributed by atoms with Crippen LogP contribution in [0.15, 0.2) is 48.5 Å². The minimum atomic E-state index is -2.04. The SMILES string of the molecule is COC(=O)C1(c2ccc(OC)cc2OC)OCC(c2ccccc2)N1C(=O)OCC(Cl)(Cl)Cl. The number of benzene rings is 2. The van der Waals surface area contributed by atoms with E-state index >= 15 is 0 Å². The second kappa shape index (κ2) is 10.3. The van der Waals surface area contributed by atoms with Crippen LogP contribution in [-0.2, 0) is 24.7 Å². The third-order valence-electron chi connectivity index (χ3n) is 5.08. The van der Waals surface area contributed by atoms with Gasteiger partial charge in [-0.05, 0) is 17.7 Å². The predicted molar refractivity (Wildman–Crippen MR) is 122 cm³/mol. The maximum absolute atomic E-state index is 13.4. The number of esters is 1. The molecule has 1 heterocycles. The van der Waals surface area contributed by atoms with Gasteiger partial charge in [0.25, 0.3) is 5.72 Å². The molecule has 2 atom stereocenters. The fourth-order valence-corrected chi connectivity index (χ4v) is 3.81. The quantitative estimate of drug-likeness (QED) is 0.408. The van der Waals surface area contributed by atoms with Gasteiger partial charge >= 0.3 is 12.1 Å². The van der Waals surface area contributed by atoms with Crippen LogP contribution in [-0.4, -0.2) is 55.3 Å². The first-order valence-electron chi connectivity index (χ1n) is 9.70. The van der Waals surface area contributed by atoms with Crippen molar-refractivity contribution in [3.05, 3.63) is 59.7 Å². The van der Waals surface area contributed by atoms with Gasteiger partial charge in [-0.25, -0.2) is 9.59 Å². The van der Waals surface area contributed by atoms with Gasteiger partial charge in [0.05, 0.1) is 39.5 Å². The Morgan fingerprint density at radius 2 is 1.79 bits per heavy atom. The molecule has 3 rings (SSSR count). The molecule has 0 radical (unpaired) electrons. The van der Waals surface area contributed by atoms with E-state index in [1.54, 1.807) is 42.5 Å². The number of hydrogen-bond acceptors (Lipinski definition) is 7. The van der Waals surface area contributed by atoms with Gasteiger partial charge in [0.15, 0.2) is 0 Å². The lowest BCUT2D eigenvalue weighted by molar-refractivity contribution is -0.180. The third kappa shape index (κ3) is 5.09. The summed E-state index contributed by atoms with van der Waals surface area (Å²) in [5.41, 5.74) is -1.14. The highest BCUT2D eigenvalue weighted by Crippen LogP contribution is 2.48. The van der Waals surface area contributed by atoms with E-state index in [1.165, 1.54) is 21.3 Å². The van der Waals surface area contributed by atoms with Crippen LogP contribution in [0.1, 0.15) is 17.2 Å². The average molecular weight is 519 g/mol. The molecule has 178 valence electrons. The molecule has 2 unspecified atom stereocenters. The van der Waals surface area contributed by atoms with Gasteiger partial charge in [-0.3, -0.25) is 4.90 Å². The molecule has 0 aromatic heterocycles. The lowest BCUT2D eigenvalue weighted by Crippen LogP contribution is -2.53. The largest absolute Gasteiger partial charge is 0.497 e. The third-order valence-corrected chi connectivity index (χ3v) is 5.40. The Kier molecular flexibility index (Phi) is 7.84. The van der Waals surface area contributed by atoms with Gasteiger partial charge in [-0.15, -0.1) is 0 Å². The molecule has 11 heteroatoms. The molecule has 1 aliphatic heterocycles. The van der Waals surface area contributed by atoms with E-state index in [2.05, 4.69) is 0 Å². The summed E-state index contributed by atoms with van der Waals surface area (Å²) in [5.74, 6) is -0.165. The van der Waals surface area contributed by atoms with Crippen LogP contribution in [0, 0.1) is 0 Å². The second-order valence-electron chi connectivity index (χ2n) is 6.98. The molecule has 8 nitrogen and oxygen atoms in total. The van der Waals surface area contributed by atoms with E-state index in [1.807, 2.05) is 6.07 Å². The van der Waals surface area contributed by atoms with Crippen LogP contribution >= 0.6 is 34.8 Å². The van der Waals surface area contributed by atoms with Crippen LogP contribution in [0.25, 0.3) is 0 Å². The summed E-state index contributed by atoms with van der Waals surface area (Å²) >= 11 is 17.3. The molecule has 2 aromatic carbocycles. The van der Waals surface area contributed by atoms with Crippen molar-refractivity contribution in [1.29, 1.82) is 0 Å². The van der Waals surface area contributed by atoms with Crippen molar-refractivity contribution in [2.45, 2.75) is 15.6 Å². The molecule has 2 aromatic rings. The summed E-state index contributed by atoms with van der Waals surface area (Å²) in [6, 6.07) is 13.0. The monoisotopic (exact) mass is 517 g/mol. The normalized spacial score (nSPS) is 20.3. The average Bonchev–Trinajstić information content (AvgIpc) is 3.23. The first kappa shape index (κ1) is 25.2. The standard InChI is InChI=1S/C22H22Cl3NO7/c1-29-15-9-10-16(18(11-15)30-2)22(19(27)31-3)26(20(28)32-13-21(23,24)25)17(12-33-22)14-7-5-4-6-8-14/h4-11,17H,12-13H2,1-3H3. The number of halogens is 3. The van der Waals surface area contributed by atoms with Crippen molar-refractivity contribution < 1.29 is 33.3 Å². The Morgan fingerprint density at radius 3 is 2.36 bits per heavy atom.